The third-order valence-corrected chi connectivity index (χ3v) is 6.03. The zero-order valence-electron chi connectivity index (χ0n) is 18.4. The number of primary amides is 1. The van der Waals surface area contributed by atoms with E-state index in [9.17, 15) is 9.18 Å². The number of halogens is 2. The largest absolute Gasteiger partial charge is 0.389 e. The van der Waals surface area contributed by atoms with Crippen molar-refractivity contribution in [2.24, 2.45) is 16.6 Å². The van der Waals surface area contributed by atoms with Crippen molar-refractivity contribution >= 4 is 35.2 Å². The Labute approximate surface area is 201 Å². The van der Waals surface area contributed by atoms with Crippen LogP contribution in [0, 0.1) is 17.1 Å². The molecular weight excluding hydrogens is 457 g/mol. The number of urea groups is 1. The van der Waals surface area contributed by atoms with Crippen LogP contribution in [-0.2, 0) is 0 Å². The highest BCUT2D eigenvalue weighted by Gasteiger charge is 2.21. The Morgan fingerprint density at radius 2 is 2.09 bits per heavy atom. The number of allylic oxidation sites excluding steroid dienone is 1. The Kier molecular flexibility index (Phi) is 7.22. The first kappa shape index (κ1) is 23.4. The van der Waals surface area contributed by atoms with Gasteiger partial charge in [0.2, 0.25) is 0 Å². The number of anilines is 1. The highest BCUT2D eigenvalue weighted by molar-refractivity contribution is 6.30. The van der Waals surface area contributed by atoms with E-state index in [1.54, 1.807) is 41.7 Å². The number of amides is 2. The minimum Gasteiger partial charge on any atom is -0.389 e. The summed E-state index contributed by atoms with van der Waals surface area (Å²) in [5.41, 5.74) is 8.00. The van der Waals surface area contributed by atoms with Gasteiger partial charge in [-0.25, -0.2) is 9.18 Å². The molecule has 3 heterocycles. The fourth-order valence-corrected chi connectivity index (χ4v) is 4.05. The summed E-state index contributed by atoms with van der Waals surface area (Å²) in [6.45, 7) is 2.05. The van der Waals surface area contributed by atoms with Crippen molar-refractivity contribution in [2.45, 2.75) is 12.8 Å². The first-order valence-corrected chi connectivity index (χ1v) is 11.3. The van der Waals surface area contributed by atoms with Gasteiger partial charge < -0.3 is 21.3 Å². The molecule has 1 saturated heterocycles. The van der Waals surface area contributed by atoms with Crippen LogP contribution < -0.4 is 16.4 Å². The van der Waals surface area contributed by atoms with Crippen LogP contribution in [0.15, 0.2) is 65.2 Å². The number of rotatable bonds is 6. The molecule has 4 rings (SSSR count). The van der Waals surface area contributed by atoms with E-state index in [0.717, 1.165) is 19.4 Å². The van der Waals surface area contributed by atoms with Gasteiger partial charge >= 0.3 is 6.03 Å². The Hall–Kier alpha value is -3.72. The van der Waals surface area contributed by atoms with Gasteiger partial charge in [0.1, 0.15) is 17.2 Å². The van der Waals surface area contributed by atoms with Crippen LogP contribution in [-0.4, -0.2) is 47.5 Å². The van der Waals surface area contributed by atoms with Gasteiger partial charge in [-0.1, -0.05) is 11.6 Å². The highest BCUT2D eigenvalue weighted by Crippen LogP contribution is 2.27. The molecule has 0 spiro atoms. The summed E-state index contributed by atoms with van der Waals surface area (Å²) in [5.74, 6) is 0.00636. The number of nitrogens with two attached hydrogens (primary N) is 1. The molecule has 0 radical (unpaired) electrons. The molecule has 10 heteroatoms. The van der Waals surface area contributed by atoms with E-state index in [1.165, 1.54) is 18.2 Å². The second-order valence-corrected chi connectivity index (χ2v) is 8.56. The van der Waals surface area contributed by atoms with Crippen molar-refractivity contribution in [3.05, 3.63) is 71.0 Å². The van der Waals surface area contributed by atoms with Crippen molar-refractivity contribution in [3.63, 3.8) is 0 Å². The number of benzene rings is 1. The Balaban J connectivity index is 1.37. The predicted molar refractivity (Wildman–Crippen MR) is 133 cm³/mol. The number of piperidine rings is 1. The van der Waals surface area contributed by atoms with E-state index in [4.69, 9.17) is 22.7 Å². The Morgan fingerprint density at radius 1 is 1.29 bits per heavy atom. The molecule has 2 amide bonds. The van der Waals surface area contributed by atoms with E-state index in [0.29, 0.717) is 52.4 Å². The molecule has 1 fully saturated rings. The first-order chi connectivity index (χ1) is 16.4. The molecule has 34 heavy (non-hydrogen) atoms. The minimum atomic E-state index is -0.414. The molecular formula is C24H25ClFN7O. The van der Waals surface area contributed by atoms with Crippen molar-refractivity contribution in [3.8, 4) is 11.3 Å². The number of dihydropyridines is 1. The van der Waals surface area contributed by atoms with E-state index in [-0.39, 0.29) is 11.7 Å². The lowest BCUT2D eigenvalue weighted by molar-refractivity contribution is 0.179. The molecule has 0 unspecified atom stereocenters. The van der Waals surface area contributed by atoms with Crippen LogP contribution in [0.1, 0.15) is 12.8 Å². The molecule has 0 aliphatic carbocycles. The quantitative estimate of drug-likeness (QED) is 0.495. The molecule has 5 N–H and O–H groups in total. The summed E-state index contributed by atoms with van der Waals surface area (Å²) in [4.78, 5) is 21.4. The maximum absolute atomic E-state index is 14.2. The lowest BCUT2D eigenvalue weighted by Gasteiger charge is -2.30. The third-order valence-electron chi connectivity index (χ3n) is 5.80. The first-order valence-electron chi connectivity index (χ1n) is 10.9. The van der Waals surface area contributed by atoms with Crippen LogP contribution in [0.4, 0.5) is 14.9 Å². The Bertz CT molecular complexity index is 1190. The van der Waals surface area contributed by atoms with Crippen LogP contribution in [0.5, 0.6) is 0 Å². The summed E-state index contributed by atoms with van der Waals surface area (Å²) < 4.78 is 14.2. The monoisotopic (exact) mass is 481 g/mol. The summed E-state index contributed by atoms with van der Waals surface area (Å²) in [7, 11) is 0. The molecule has 2 aliphatic heterocycles. The van der Waals surface area contributed by atoms with Gasteiger partial charge in [-0.3, -0.25) is 15.4 Å². The number of carbonyl (C=O) groups excluding carboxylic acids is 1. The summed E-state index contributed by atoms with van der Waals surface area (Å²) in [6, 6.07) is 7.40. The summed E-state index contributed by atoms with van der Waals surface area (Å²) in [6.07, 6.45) is 8.39. The number of pyridine rings is 1. The van der Waals surface area contributed by atoms with E-state index in [2.05, 4.69) is 20.6 Å². The molecule has 176 valence electrons. The molecule has 8 nitrogen and oxygen atoms in total. The van der Waals surface area contributed by atoms with Crippen LogP contribution in [0.25, 0.3) is 11.3 Å². The van der Waals surface area contributed by atoms with Gasteiger partial charge in [-0.2, -0.15) is 0 Å². The zero-order valence-corrected chi connectivity index (χ0v) is 19.1. The van der Waals surface area contributed by atoms with Crippen molar-refractivity contribution in [1.29, 1.82) is 5.41 Å². The standard InChI is InChI=1S/C24H25ClFN7O/c25-16-1-2-19(26)18(11-16)21-12-17(3-7-30-21)32-20-4-8-31-22(23(20)27)14-29-13-15-5-9-33(10-6-15)24(28)34/h1-4,7-8,11-12,14-15,27,29H,5-6,9-10,13H2,(H2,28,34)(H,30,32)/b22-14+,27-23?. The lowest BCUT2D eigenvalue weighted by atomic mass is 9.97. The number of nitrogens with one attached hydrogen (secondary N) is 3. The topological polar surface area (TPSA) is 119 Å². The fourth-order valence-electron chi connectivity index (χ4n) is 3.88. The smallest absolute Gasteiger partial charge is 0.314 e. The third kappa shape index (κ3) is 5.60. The van der Waals surface area contributed by atoms with Gasteiger partial charge in [0.25, 0.3) is 0 Å². The average molecular weight is 482 g/mol. The number of likely N-dealkylation sites (tertiary alicyclic amines) is 1. The van der Waals surface area contributed by atoms with Crippen molar-refractivity contribution < 1.29 is 9.18 Å². The van der Waals surface area contributed by atoms with E-state index in [1.807, 2.05) is 0 Å². The van der Waals surface area contributed by atoms with Gasteiger partial charge in [-0.15, -0.1) is 0 Å². The van der Waals surface area contributed by atoms with E-state index >= 15 is 0 Å². The molecule has 1 aromatic carbocycles. The van der Waals surface area contributed by atoms with Crippen LogP contribution in [0.2, 0.25) is 5.02 Å². The van der Waals surface area contributed by atoms with Gasteiger partial charge in [0.05, 0.1) is 11.4 Å². The highest BCUT2D eigenvalue weighted by atomic mass is 35.5. The number of hydrogen-bond donors (Lipinski definition) is 4. The second-order valence-electron chi connectivity index (χ2n) is 8.12. The number of aliphatic imine (C=N–C) groups is 1. The number of carbonyl (C=O) groups is 1. The summed E-state index contributed by atoms with van der Waals surface area (Å²) >= 11 is 6.01. The van der Waals surface area contributed by atoms with Crippen molar-refractivity contribution in [1.82, 2.24) is 15.2 Å². The maximum Gasteiger partial charge on any atom is 0.314 e. The molecule has 2 aromatic rings. The normalized spacial score (nSPS) is 17.6. The maximum atomic E-state index is 14.2. The number of aromatic nitrogens is 1. The molecule has 2 aliphatic rings. The van der Waals surface area contributed by atoms with Gasteiger partial charge in [0, 0.05) is 54.5 Å². The van der Waals surface area contributed by atoms with Gasteiger partial charge in [0.15, 0.2) is 0 Å². The summed E-state index contributed by atoms with van der Waals surface area (Å²) in [5, 5.41) is 15.4. The molecule has 0 saturated carbocycles. The zero-order chi connectivity index (χ0) is 24.1. The van der Waals surface area contributed by atoms with Crippen molar-refractivity contribution in [2.75, 3.05) is 25.0 Å². The Morgan fingerprint density at radius 3 is 2.85 bits per heavy atom. The lowest BCUT2D eigenvalue weighted by Crippen LogP contribution is -2.43. The van der Waals surface area contributed by atoms with E-state index < -0.39 is 5.82 Å². The van der Waals surface area contributed by atoms with Crippen LogP contribution in [0.3, 0.4) is 0 Å². The molecule has 0 bridgehead atoms. The van der Waals surface area contributed by atoms with Crippen LogP contribution >= 0.6 is 11.6 Å². The SMILES string of the molecule is N=C1C(Nc2ccnc(-c3cc(Cl)ccc3F)c2)=CC=N/C1=C/NCC1CCN(C(N)=O)CC1. The fraction of sp³-hybridized carbons (Fsp3) is 0.250. The second kappa shape index (κ2) is 10.5. The minimum absolute atomic E-state index is 0.228. The number of hydrogen-bond acceptors (Lipinski definition) is 6. The predicted octanol–water partition coefficient (Wildman–Crippen LogP) is 4.16. The number of nitrogens with zero attached hydrogens (tertiary/aromatic N) is 3. The molecule has 0 atom stereocenters. The molecule has 1 aromatic heterocycles. The van der Waals surface area contributed by atoms with Gasteiger partial charge in [-0.05, 0) is 55.2 Å². The average Bonchev–Trinajstić information content (AvgIpc) is 2.83.